The first kappa shape index (κ1) is 46.4. The Morgan fingerprint density at radius 2 is 0.562 bits per heavy atom. The molecule has 1 atom stereocenters. The van der Waals surface area contributed by atoms with E-state index in [1.54, 1.807) is 0 Å². The highest BCUT2D eigenvalue weighted by molar-refractivity contribution is 5.71. The van der Waals surface area contributed by atoms with E-state index in [9.17, 15) is 14.4 Å². The van der Waals surface area contributed by atoms with E-state index in [1.807, 2.05) is 0 Å². The summed E-state index contributed by atoms with van der Waals surface area (Å²) in [4.78, 5) is 37.4. The van der Waals surface area contributed by atoms with Crippen molar-refractivity contribution in [1.82, 2.24) is 0 Å². The van der Waals surface area contributed by atoms with Crippen molar-refractivity contribution in [3.63, 3.8) is 0 Å². The van der Waals surface area contributed by atoms with E-state index < -0.39 is 6.10 Å². The van der Waals surface area contributed by atoms with Gasteiger partial charge in [0.2, 0.25) is 0 Å². The highest BCUT2D eigenvalue weighted by Gasteiger charge is 2.19. The minimum atomic E-state index is -0.755. The van der Waals surface area contributed by atoms with Crippen molar-refractivity contribution < 1.29 is 28.6 Å². The third-order valence-electron chi connectivity index (χ3n) is 9.36. The summed E-state index contributed by atoms with van der Waals surface area (Å²) in [7, 11) is 0. The Kier molecular flexibility index (Phi) is 36.9. The lowest BCUT2D eigenvalue weighted by molar-refractivity contribution is -0.167. The molecule has 284 valence electrons. The summed E-state index contributed by atoms with van der Waals surface area (Å²) in [6, 6.07) is 0. The molecule has 0 aliphatic heterocycles. The van der Waals surface area contributed by atoms with Crippen molar-refractivity contribution in [3.05, 3.63) is 0 Å². The zero-order valence-electron chi connectivity index (χ0n) is 32.3. The van der Waals surface area contributed by atoms with Crippen LogP contribution in [0.2, 0.25) is 0 Å². The van der Waals surface area contributed by atoms with Gasteiger partial charge in [0.15, 0.2) is 6.10 Å². The van der Waals surface area contributed by atoms with Gasteiger partial charge in [-0.3, -0.25) is 14.4 Å². The molecule has 0 aliphatic carbocycles. The molecular weight excluding hydrogens is 600 g/mol. The summed E-state index contributed by atoms with van der Waals surface area (Å²) in [5.41, 5.74) is 0. The first-order chi connectivity index (χ1) is 23.5. The van der Waals surface area contributed by atoms with Crippen LogP contribution in [0.4, 0.5) is 0 Å². The summed E-state index contributed by atoms with van der Waals surface area (Å²) in [5, 5.41) is 0. The van der Waals surface area contributed by atoms with E-state index in [-0.39, 0.29) is 31.1 Å². The molecule has 0 radical (unpaired) electrons. The molecule has 0 aromatic heterocycles. The van der Waals surface area contributed by atoms with Crippen molar-refractivity contribution in [2.45, 2.75) is 239 Å². The second-order valence-electron chi connectivity index (χ2n) is 14.3. The molecule has 6 nitrogen and oxygen atoms in total. The van der Waals surface area contributed by atoms with Crippen LogP contribution in [0, 0.1) is 0 Å². The van der Waals surface area contributed by atoms with Crippen molar-refractivity contribution in [3.8, 4) is 0 Å². The van der Waals surface area contributed by atoms with Gasteiger partial charge in [-0.15, -0.1) is 0 Å². The van der Waals surface area contributed by atoms with Gasteiger partial charge in [-0.2, -0.15) is 0 Å². The van der Waals surface area contributed by atoms with Crippen LogP contribution in [0.5, 0.6) is 0 Å². The van der Waals surface area contributed by atoms with E-state index >= 15 is 0 Å². The molecule has 0 heterocycles. The van der Waals surface area contributed by atoms with Crippen LogP contribution in [0.1, 0.15) is 233 Å². The molecule has 0 saturated carbocycles. The Morgan fingerprint density at radius 1 is 0.333 bits per heavy atom. The van der Waals surface area contributed by atoms with Crippen LogP contribution in [0.15, 0.2) is 0 Å². The summed E-state index contributed by atoms with van der Waals surface area (Å²) >= 11 is 0. The maximum absolute atomic E-state index is 12.6. The Morgan fingerprint density at radius 3 is 0.833 bits per heavy atom. The first-order valence-electron chi connectivity index (χ1n) is 21.0. The normalized spacial score (nSPS) is 11.8. The average Bonchev–Trinajstić information content (AvgIpc) is 3.08. The van der Waals surface area contributed by atoms with Crippen molar-refractivity contribution in [2.75, 3.05) is 13.2 Å². The molecule has 0 fully saturated rings. The van der Waals surface area contributed by atoms with Gasteiger partial charge in [0, 0.05) is 19.3 Å². The second-order valence-corrected chi connectivity index (χ2v) is 14.3. The smallest absolute Gasteiger partial charge is 0.306 e. The van der Waals surface area contributed by atoms with Crippen LogP contribution >= 0.6 is 0 Å². The summed E-state index contributed by atoms with van der Waals surface area (Å²) < 4.78 is 16.6. The molecule has 0 aromatic rings. The standard InChI is InChI=1S/C42H80O6/c1-4-7-10-13-16-18-20-21-22-24-27-29-32-35-41(44)47-38-39(48-42(45)36-33-30-25-15-12-9-6-3)37-46-40(43)34-31-28-26-23-19-17-14-11-8-5-2/h39H,4-38H2,1-3H3/t39-/m1/s1. The van der Waals surface area contributed by atoms with Gasteiger partial charge in [0.25, 0.3) is 0 Å². The number of unbranched alkanes of at least 4 members (excludes halogenated alkanes) is 27. The number of ether oxygens (including phenoxy) is 3. The Balaban J connectivity index is 4.26. The first-order valence-corrected chi connectivity index (χ1v) is 21.0. The molecule has 0 bridgehead atoms. The molecule has 6 heteroatoms. The Labute approximate surface area is 298 Å². The molecule has 0 rings (SSSR count). The Bertz CT molecular complexity index is 708. The third kappa shape index (κ3) is 35.7. The van der Waals surface area contributed by atoms with Crippen molar-refractivity contribution in [2.24, 2.45) is 0 Å². The summed E-state index contributed by atoms with van der Waals surface area (Å²) in [6.07, 6.45) is 36.6. The zero-order chi connectivity index (χ0) is 35.2. The largest absolute Gasteiger partial charge is 0.462 e. The van der Waals surface area contributed by atoms with Crippen LogP contribution < -0.4 is 0 Å². The maximum Gasteiger partial charge on any atom is 0.306 e. The second kappa shape index (κ2) is 38.2. The molecule has 0 saturated heterocycles. The van der Waals surface area contributed by atoms with Gasteiger partial charge in [0.05, 0.1) is 0 Å². The summed E-state index contributed by atoms with van der Waals surface area (Å²) in [6.45, 7) is 6.58. The van der Waals surface area contributed by atoms with E-state index in [1.165, 1.54) is 135 Å². The van der Waals surface area contributed by atoms with E-state index in [2.05, 4.69) is 20.8 Å². The number of hydrogen-bond donors (Lipinski definition) is 0. The van der Waals surface area contributed by atoms with E-state index in [0.29, 0.717) is 19.3 Å². The number of esters is 3. The number of carbonyl (C=O) groups excluding carboxylic acids is 3. The maximum atomic E-state index is 12.6. The molecule has 0 spiro atoms. The van der Waals surface area contributed by atoms with Gasteiger partial charge in [0.1, 0.15) is 13.2 Å². The van der Waals surface area contributed by atoms with Gasteiger partial charge in [-0.05, 0) is 19.3 Å². The minimum absolute atomic E-state index is 0.0639. The van der Waals surface area contributed by atoms with Crippen molar-refractivity contribution >= 4 is 17.9 Å². The predicted molar refractivity (Wildman–Crippen MR) is 201 cm³/mol. The van der Waals surface area contributed by atoms with E-state index in [0.717, 1.165) is 57.8 Å². The zero-order valence-corrected chi connectivity index (χ0v) is 32.3. The quantitative estimate of drug-likeness (QED) is 0.0367. The van der Waals surface area contributed by atoms with Crippen LogP contribution in [0.25, 0.3) is 0 Å². The molecule has 0 amide bonds. The fraction of sp³-hybridized carbons (Fsp3) is 0.929. The highest BCUT2D eigenvalue weighted by Crippen LogP contribution is 2.15. The molecule has 0 aromatic carbocycles. The number of hydrogen-bond acceptors (Lipinski definition) is 6. The lowest BCUT2D eigenvalue weighted by Crippen LogP contribution is -2.30. The fourth-order valence-electron chi connectivity index (χ4n) is 6.15. The van der Waals surface area contributed by atoms with Crippen molar-refractivity contribution in [1.29, 1.82) is 0 Å². The number of rotatable bonds is 38. The number of carbonyl (C=O) groups is 3. The Hall–Kier alpha value is -1.59. The molecule has 0 unspecified atom stereocenters. The highest BCUT2D eigenvalue weighted by atomic mass is 16.6. The third-order valence-corrected chi connectivity index (χ3v) is 9.36. The molecular formula is C42H80O6. The topological polar surface area (TPSA) is 78.9 Å². The van der Waals surface area contributed by atoms with Crippen LogP contribution in [-0.2, 0) is 28.6 Å². The van der Waals surface area contributed by atoms with E-state index in [4.69, 9.17) is 14.2 Å². The SMILES string of the molecule is CCCCCCCCCCCCCCCC(=O)OC[C@@H](COC(=O)CCCCCCCCCCCC)OC(=O)CCCCCCCCC. The fourth-order valence-corrected chi connectivity index (χ4v) is 6.15. The lowest BCUT2D eigenvalue weighted by Gasteiger charge is -2.18. The molecule has 0 aliphatic rings. The summed E-state index contributed by atoms with van der Waals surface area (Å²) in [5.74, 6) is -0.865. The van der Waals surface area contributed by atoms with Gasteiger partial charge < -0.3 is 14.2 Å². The van der Waals surface area contributed by atoms with Gasteiger partial charge in [-0.25, -0.2) is 0 Å². The lowest BCUT2D eigenvalue weighted by atomic mass is 10.0. The van der Waals surface area contributed by atoms with Gasteiger partial charge in [-0.1, -0.05) is 194 Å². The van der Waals surface area contributed by atoms with Gasteiger partial charge >= 0.3 is 17.9 Å². The van der Waals surface area contributed by atoms with Crippen LogP contribution in [-0.4, -0.2) is 37.2 Å². The molecule has 48 heavy (non-hydrogen) atoms. The van der Waals surface area contributed by atoms with Crippen LogP contribution in [0.3, 0.4) is 0 Å². The predicted octanol–water partition coefficient (Wildman–Crippen LogP) is 12.9. The average molecular weight is 681 g/mol. The minimum Gasteiger partial charge on any atom is -0.462 e. The molecule has 0 N–H and O–H groups in total. The monoisotopic (exact) mass is 681 g/mol.